The van der Waals surface area contributed by atoms with Crippen LogP contribution in [-0.2, 0) is 20.8 Å². The highest BCUT2D eigenvalue weighted by Crippen LogP contribution is 2.07. The number of amides is 3. The molecule has 0 radical (unpaired) electrons. The molecule has 0 aromatic heterocycles. The van der Waals surface area contributed by atoms with Crippen molar-refractivity contribution in [3.05, 3.63) is 35.9 Å². The summed E-state index contributed by atoms with van der Waals surface area (Å²) in [6, 6.07) is 7.99. The average molecular weight is 389 g/mol. The van der Waals surface area contributed by atoms with Gasteiger partial charge in [0.2, 0.25) is 17.7 Å². The van der Waals surface area contributed by atoms with Gasteiger partial charge in [-0.1, -0.05) is 44.2 Å². The zero-order valence-corrected chi connectivity index (χ0v) is 17.0. The number of carbonyl (C=O) groups excluding carboxylic acids is 3. The molecule has 1 heterocycles. The maximum Gasteiger partial charge on any atom is 0.242 e. The Bertz CT molecular complexity index is 663. The summed E-state index contributed by atoms with van der Waals surface area (Å²) in [6.45, 7) is 6.73. The topological polar surface area (TPSA) is 99.3 Å². The van der Waals surface area contributed by atoms with Gasteiger partial charge >= 0.3 is 0 Å². The zero-order valence-electron chi connectivity index (χ0n) is 17.0. The Morgan fingerprint density at radius 3 is 2.32 bits per heavy atom. The van der Waals surface area contributed by atoms with Gasteiger partial charge in [-0.2, -0.15) is 0 Å². The summed E-state index contributed by atoms with van der Waals surface area (Å²) in [5.74, 6) is -0.494. The van der Waals surface area contributed by atoms with Gasteiger partial charge in [0.05, 0.1) is 6.04 Å². The van der Waals surface area contributed by atoms with E-state index in [4.69, 9.17) is 0 Å². The molecule has 4 N–H and O–H groups in total. The van der Waals surface area contributed by atoms with Crippen molar-refractivity contribution in [3.8, 4) is 0 Å². The van der Waals surface area contributed by atoms with E-state index >= 15 is 0 Å². The first kappa shape index (κ1) is 21.9. The Labute approximate surface area is 167 Å². The largest absolute Gasteiger partial charge is 0.354 e. The van der Waals surface area contributed by atoms with Gasteiger partial charge in [-0.25, -0.2) is 0 Å². The van der Waals surface area contributed by atoms with E-state index in [2.05, 4.69) is 21.3 Å². The van der Waals surface area contributed by atoms with Crippen LogP contribution in [0.5, 0.6) is 0 Å². The number of nitrogens with one attached hydrogen (secondary N) is 4. The molecule has 1 aliphatic heterocycles. The molecular weight excluding hydrogens is 356 g/mol. The van der Waals surface area contributed by atoms with Crippen LogP contribution in [0.3, 0.4) is 0 Å². The molecule has 7 nitrogen and oxygen atoms in total. The highest BCUT2D eigenvalue weighted by atomic mass is 16.2. The van der Waals surface area contributed by atoms with Gasteiger partial charge in [0.1, 0.15) is 12.1 Å². The fraction of sp³-hybridized carbons (Fsp3) is 0.571. The second-order valence-electron chi connectivity index (χ2n) is 7.76. The van der Waals surface area contributed by atoms with Crippen LogP contribution in [0.15, 0.2) is 30.3 Å². The van der Waals surface area contributed by atoms with Crippen LogP contribution < -0.4 is 21.3 Å². The van der Waals surface area contributed by atoms with Crippen molar-refractivity contribution >= 4 is 17.7 Å². The van der Waals surface area contributed by atoms with Gasteiger partial charge in [0.25, 0.3) is 0 Å². The summed E-state index contributed by atoms with van der Waals surface area (Å²) in [4.78, 5) is 37.7. The molecule has 3 amide bonds. The van der Waals surface area contributed by atoms with Crippen molar-refractivity contribution in [2.24, 2.45) is 5.92 Å². The van der Waals surface area contributed by atoms with Gasteiger partial charge in [0, 0.05) is 6.54 Å². The number of hydrogen-bond acceptors (Lipinski definition) is 4. The first-order valence-corrected chi connectivity index (χ1v) is 10.0. The van der Waals surface area contributed by atoms with E-state index in [1.807, 2.05) is 44.2 Å². The number of rotatable bonds is 4. The molecular formula is C21H32N4O3. The van der Waals surface area contributed by atoms with E-state index in [9.17, 15) is 14.4 Å². The van der Waals surface area contributed by atoms with Crippen LogP contribution in [0.25, 0.3) is 0 Å². The maximum atomic E-state index is 12.8. The highest BCUT2D eigenvalue weighted by molar-refractivity contribution is 5.92. The molecule has 2 rings (SSSR count). The van der Waals surface area contributed by atoms with Gasteiger partial charge in [0.15, 0.2) is 0 Å². The monoisotopic (exact) mass is 388 g/mol. The predicted octanol–water partition coefficient (Wildman–Crippen LogP) is 0.743. The van der Waals surface area contributed by atoms with Gasteiger partial charge in [-0.15, -0.1) is 0 Å². The molecule has 1 fully saturated rings. The summed E-state index contributed by atoms with van der Waals surface area (Å²) in [5, 5.41) is 11.7. The van der Waals surface area contributed by atoms with Crippen LogP contribution in [0, 0.1) is 5.92 Å². The van der Waals surface area contributed by atoms with Crippen LogP contribution >= 0.6 is 0 Å². The fourth-order valence-electron chi connectivity index (χ4n) is 3.19. The Morgan fingerprint density at radius 2 is 1.64 bits per heavy atom. The van der Waals surface area contributed by atoms with Crippen molar-refractivity contribution in [1.29, 1.82) is 0 Å². The summed E-state index contributed by atoms with van der Waals surface area (Å²) in [6.07, 6.45) is 1.78. The lowest BCUT2D eigenvalue weighted by molar-refractivity contribution is -0.132. The van der Waals surface area contributed by atoms with E-state index in [1.165, 1.54) is 0 Å². The Morgan fingerprint density at radius 1 is 0.929 bits per heavy atom. The van der Waals surface area contributed by atoms with Crippen LogP contribution in [0.1, 0.15) is 39.2 Å². The van der Waals surface area contributed by atoms with Gasteiger partial charge in [-0.05, 0) is 44.2 Å². The second-order valence-corrected chi connectivity index (χ2v) is 7.76. The lowest BCUT2D eigenvalue weighted by atomic mass is 10.0. The molecule has 1 aromatic rings. The summed E-state index contributed by atoms with van der Waals surface area (Å²) < 4.78 is 0. The first-order valence-electron chi connectivity index (χ1n) is 10.0. The third kappa shape index (κ3) is 6.96. The molecule has 154 valence electrons. The molecule has 0 saturated carbocycles. The van der Waals surface area contributed by atoms with E-state index < -0.39 is 18.1 Å². The minimum absolute atomic E-state index is 0.180. The van der Waals surface area contributed by atoms with Gasteiger partial charge < -0.3 is 21.3 Å². The molecule has 0 bridgehead atoms. The summed E-state index contributed by atoms with van der Waals surface area (Å²) in [7, 11) is 0. The van der Waals surface area contributed by atoms with E-state index in [-0.39, 0.29) is 23.6 Å². The predicted molar refractivity (Wildman–Crippen MR) is 109 cm³/mol. The molecule has 1 aromatic carbocycles. The second kappa shape index (κ2) is 10.8. The lowest BCUT2D eigenvalue weighted by Gasteiger charge is -2.23. The van der Waals surface area contributed by atoms with E-state index in [0.29, 0.717) is 32.4 Å². The standard InChI is InChI=1S/C21H32N4O3/c1-14(2)12-18-20(27)23-11-7-10-22-17(13-16-8-5-4-6-9-16)21(28)24-15(3)19(26)25-18/h4-6,8-9,14-15,17-18,22H,7,10-13H2,1-3H3,(H,23,27)(H,24,28)(H,25,26)/t15-,17-,18-/m0/s1. The average Bonchev–Trinajstić information content (AvgIpc) is 2.66. The number of carbonyl (C=O) groups is 3. The van der Waals surface area contributed by atoms with Crippen molar-refractivity contribution in [3.63, 3.8) is 0 Å². The van der Waals surface area contributed by atoms with E-state index in [0.717, 1.165) is 5.56 Å². The van der Waals surface area contributed by atoms with Crippen molar-refractivity contribution in [2.45, 2.75) is 58.2 Å². The molecule has 0 spiro atoms. The molecule has 7 heteroatoms. The van der Waals surface area contributed by atoms with Crippen LogP contribution in [0.4, 0.5) is 0 Å². The van der Waals surface area contributed by atoms with E-state index in [1.54, 1.807) is 6.92 Å². The first-order chi connectivity index (χ1) is 13.4. The van der Waals surface area contributed by atoms with Crippen LogP contribution in [-0.4, -0.2) is 48.9 Å². The zero-order chi connectivity index (χ0) is 20.5. The maximum absolute atomic E-state index is 12.8. The third-order valence-corrected chi connectivity index (χ3v) is 4.73. The smallest absolute Gasteiger partial charge is 0.242 e. The molecule has 1 aliphatic rings. The summed E-state index contributed by atoms with van der Waals surface area (Å²) >= 11 is 0. The third-order valence-electron chi connectivity index (χ3n) is 4.73. The van der Waals surface area contributed by atoms with Crippen molar-refractivity contribution in [2.75, 3.05) is 13.1 Å². The van der Waals surface area contributed by atoms with Crippen molar-refractivity contribution in [1.82, 2.24) is 21.3 Å². The Hall–Kier alpha value is -2.41. The van der Waals surface area contributed by atoms with Gasteiger partial charge in [-0.3, -0.25) is 14.4 Å². The SMILES string of the molecule is CC(C)C[C@@H]1NC(=O)[C@H](C)NC(=O)[C@H](Cc2ccccc2)NCCCNC1=O. The van der Waals surface area contributed by atoms with Crippen molar-refractivity contribution < 1.29 is 14.4 Å². The quantitative estimate of drug-likeness (QED) is 0.611. The van der Waals surface area contributed by atoms with Crippen LogP contribution in [0.2, 0.25) is 0 Å². The minimum atomic E-state index is -0.726. The molecule has 28 heavy (non-hydrogen) atoms. The molecule has 0 unspecified atom stereocenters. The highest BCUT2D eigenvalue weighted by Gasteiger charge is 2.27. The molecule has 0 aliphatic carbocycles. The fourth-order valence-corrected chi connectivity index (χ4v) is 3.19. The minimum Gasteiger partial charge on any atom is -0.354 e. The summed E-state index contributed by atoms with van der Waals surface area (Å²) in [5.41, 5.74) is 1.04. The Kier molecular flexibility index (Phi) is 8.44. The molecule has 1 saturated heterocycles. The number of hydrogen-bond donors (Lipinski definition) is 4. The number of benzene rings is 1. The molecule has 3 atom stereocenters. The lowest BCUT2D eigenvalue weighted by Crippen LogP contribution is -2.55. The normalized spacial score (nSPS) is 25.0. The Balaban J connectivity index is 2.11.